The molecule has 1 amide bonds. The standard InChI is InChI=1S/C18H25N3O3/c22-17-3-1-2-15-13-8-14(10-19-9-13)16(21(15)17)11-20-18(23)12-4-6-24-7-5-12/h1-3,12-14,16,19H,4-11H2,(H,20,23)/t13-,14+,16+/m1/s1. The van der Waals surface area contributed by atoms with E-state index in [9.17, 15) is 9.59 Å². The highest BCUT2D eigenvalue weighted by Gasteiger charge is 2.38. The highest BCUT2D eigenvalue weighted by atomic mass is 16.5. The Labute approximate surface area is 141 Å². The summed E-state index contributed by atoms with van der Waals surface area (Å²) >= 11 is 0. The van der Waals surface area contributed by atoms with Crippen LogP contribution in [0, 0.1) is 11.8 Å². The van der Waals surface area contributed by atoms with E-state index >= 15 is 0 Å². The van der Waals surface area contributed by atoms with Crippen molar-refractivity contribution in [3.05, 3.63) is 34.2 Å². The zero-order chi connectivity index (χ0) is 16.5. The Morgan fingerprint density at radius 1 is 1.29 bits per heavy atom. The number of aromatic nitrogens is 1. The Morgan fingerprint density at radius 3 is 2.96 bits per heavy atom. The van der Waals surface area contributed by atoms with Gasteiger partial charge in [0.2, 0.25) is 5.91 Å². The third-order valence-electron chi connectivity index (χ3n) is 5.78. The summed E-state index contributed by atoms with van der Waals surface area (Å²) in [5, 5.41) is 6.59. The minimum absolute atomic E-state index is 0.0431. The Kier molecular flexibility index (Phi) is 4.41. The van der Waals surface area contributed by atoms with Gasteiger partial charge in [0, 0.05) is 56.4 Å². The van der Waals surface area contributed by atoms with E-state index in [2.05, 4.69) is 16.7 Å². The molecule has 3 aliphatic heterocycles. The molecule has 130 valence electrons. The maximum Gasteiger partial charge on any atom is 0.251 e. The molecule has 6 nitrogen and oxygen atoms in total. The topological polar surface area (TPSA) is 72.4 Å². The van der Waals surface area contributed by atoms with Crippen LogP contribution in [0.25, 0.3) is 0 Å². The lowest BCUT2D eigenvalue weighted by atomic mass is 9.79. The molecular formula is C18H25N3O3. The van der Waals surface area contributed by atoms with Gasteiger partial charge in [-0.05, 0) is 31.2 Å². The number of hydrogen-bond acceptors (Lipinski definition) is 4. The van der Waals surface area contributed by atoms with E-state index < -0.39 is 0 Å². The predicted octanol–water partition coefficient (Wildman–Crippen LogP) is 0.639. The van der Waals surface area contributed by atoms with Crippen molar-refractivity contribution in [2.24, 2.45) is 11.8 Å². The van der Waals surface area contributed by atoms with Gasteiger partial charge in [0.15, 0.2) is 0 Å². The molecule has 0 spiro atoms. The molecule has 0 saturated carbocycles. The number of rotatable bonds is 3. The molecule has 2 fully saturated rings. The maximum absolute atomic E-state index is 12.5. The van der Waals surface area contributed by atoms with Crippen LogP contribution in [0.5, 0.6) is 0 Å². The van der Waals surface area contributed by atoms with Gasteiger partial charge in [0.1, 0.15) is 0 Å². The number of carbonyl (C=O) groups excluding carboxylic acids is 1. The fourth-order valence-corrected chi connectivity index (χ4v) is 4.48. The van der Waals surface area contributed by atoms with Crippen LogP contribution in [-0.4, -0.2) is 43.3 Å². The number of pyridine rings is 1. The second-order valence-electron chi connectivity index (χ2n) is 7.21. The minimum Gasteiger partial charge on any atom is -0.381 e. The Morgan fingerprint density at radius 2 is 2.12 bits per heavy atom. The molecule has 4 rings (SSSR count). The first-order chi connectivity index (χ1) is 11.7. The van der Waals surface area contributed by atoms with Crippen LogP contribution in [0.2, 0.25) is 0 Å². The van der Waals surface area contributed by atoms with Crippen molar-refractivity contribution in [2.45, 2.75) is 31.2 Å². The number of carbonyl (C=O) groups is 1. The third-order valence-corrected chi connectivity index (χ3v) is 5.78. The fourth-order valence-electron chi connectivity index (χ4n) is 4.48. The monoisotopic (exact) mass is 331 g/mol. The molecule has 1 aromatic rings. The van der Waals surface area contributed by atoms with Gasteiger partial charge in [0.05, 0.1) is 6.04 Å². The van der Waals surface area contributed by atoms with Gasteiger partial charge in [-0.2, -0.15) is 0 Å². The molecule has 2 saturated heterocycles. The van der Waals surface area contributed by atoms with Crippen molar-refractivity contribution in [3.63, 3.8) is 0 Å². The summed E-state index contributed by atoms with van der Waals surface area (Å²) in [4.78, 5) is 24.9. The second kappa shape index (κ2) is 6.69. The quantitative estimate of drug-likeness (QED) is 0.853. The largest absolute Gasteiger partial charge is 0.381 e. The number of nitrogens with one attached hydrogen (secondary N) is 2. The van der Waals surface area contributed by atoms with Crippen LogP contribution < -0.4 is 16.2 Å². The lowest BCUT2D eigenvalue weighted by Crippen LogP contribution is -2.51. The third kappa shape index (κ3) is 2.89. The van der Waals surface area contributed by atoms with Crippen LogP contribution in [-0.2, 0) is 9.53 Å². The molecule has 4 heterocycles. The van der Waals surface area contributed by atoms with E-state index in [0.29, 0.717) is 31.6 Å². The van der Waals surface area contributed by atoms with E-state index in [0.717, 1.165) is 38.0 Å². The number of hydrogen-bond donors (Lipinski definition) is 2. The second-order valence-corrected chi connectivity index (χ2v) is 7.21. The molecule has 0 radical (unpaired) electrons. The Balaban J connectivity index is 1.53. The summed E-state index contributed by atoms with van der Waals surface area (Å²) in [6.45, 7) is 3.71. The fraction of sp³-hybridized carbons (Fsp3) is 0.667. The van der Waals surface area contributed by atoms with Gasteiger partial charge < -0.3 is 19.9 Å². The van der Waals surface area contributed by atoms with Crippen LogP contribution >= 0.6 is 0 Å². The SMILES string of the molecule is O=C(NC[C@H]1[C@@H]2CNC[C@@H](C2)c2cccc(=O)n21)C1CCOCC1. The van der Waals surface area contributed by atoms with E-state index in [4.69, 9.17) is 4.74 Å². The molecule has 3 atom stereocenters. The first kappa shape index (κ1) is 15.8. The molecule has 0 unspecified atom stereocenters. The Hall–Kier alpha value is -1.66. The highest BCUT2D eigenvalue weighted by molar-refractivity contribution is 5.78. The molecule has 2 N–H and O–H groups in total. The molecule has 0 aliphatic carbocycles. The predicted molar refractivity (Wildman–Crippen MR) is 90.0 cm³/mol. The molecule has 1 aromatic heterocycles. The lowest BCUT2D eigenvalue weighted by Gasteiger charge is -2.43. The van der Waals surface area contributed by atoms with Crippen molar-refractivity contribution in [2.75, 3.05) is 32.8 Å². The van der Waals surface area contributed by atoms with Crippen LogP contribution in [0.3, 0.4) is 0 Å². The van der Waals surface area contributed by atoms with Crippen molar-refractivity contribution >= 4 is 5.91 Å². The molecule has 3 aliphatic rings. The summed E-state index contributed by atoms with van der Waals surface area (Å²) in [6, 6.07) is 5.58. The summed E-state index contributed by atoms with van der Waals surface area (Å²) in [5.74, 6) is 0.952. The Bertz CT molecular complexity index is 666. The van der Waals surface area contributed by atoms with Crippen molar-refractivity contribution in [1.29, 1.82) is 0 Å². The summed E-state index contributed by atoms with van der Waals surface area (Å²) in [5.41, 5.74) is 1.16. The van der Waals surface area contributed by atoms with Gasteiger partial charge >= 0.3 is 0 Å². The number of piperidine rings is 1. The first-order valence-corrected chi connectivity index (χ1v) is 9.01. The lowest BCUT2D eigenvalue weighted by molar-refractivity contribution is -0.128. The van der Waals surface area contributed by atoms with Crippen molar-refractivity contribution in [1.82, 2.24) is 15.2 Å². The van der Waals surface area contributed by atoms with Crippen molar-refractivity contribution < 1.29 is 9.53 Å². The van der Waals surface area contributed by atoms with E-state index in [1.165, 1.54) is 0 Å². The molecule has 2 bridgehead atoms. The van der Waals surface area contributed by atoms with Crippen LogP contribution in [0.4, 0.5) is 0 Å². The highest BCUT2D eigenvalue weighted by Crippen LogP contribution is 2.38. The van der Waals surface area contributed by atoms with Gasteiger partial charge in [-0.1, -0.05) is 6.07 Å². The maximum atomic E-state index is 12.5. The molecule has 24 heavy (non-hydrogen) atoms. The molecule has 0 aromatic carbocycles. The number of amides is 1. The average Bonchev–Trinajstić information content (AvgIpc) is 2.63. The van der Waals surface area contributed by atoms with Crippen molar-refractivity contribution in [3.8, 4) is 0 Å². The summed E-state index contributed by atoms with van der Waals surface area (Å²) < 4.78 is 7.26. The van der Waals surface area contributed by atoms with Gasteiger partial charge in [-0.3, -0.25) is 9.59 Å². The number of fused-ring (bicyclic) bond motifs is 4. The molecular weight excluding hydrogens is 306 g/mol. The van der Waals surface area contributed by atoms with Crippen LogP contribution in [0.1, 0.15) is 36.9 Å². The molecule has 6 heteroatoms. The minimum atomic E-state index is 0.0431. The first-order valence-electron chi connectivity index (χ1n) is 9.01. The van der Waals surface area contributed by atoms with E-state index in [-0.39, 0.29) is 23.4 Å². The number of nitrogens with zero attached hydrogens (tertiary/aromatic N) is 1. The smallest absolute Gasteiger partial charge is 0.251 e. The number of ether oxygens (including phenoxy) is 1. The van der Waals surface area contributed by atoms with Gasteiger partial charge in [-0.25, -0.2) is 0 Å². The average molecular weight is 331 g/mol. The van der Waals surface area contributed by atoms with Crippen LogP contribution in [0.15, 0.2) is 23.0 Å². The zero-order valence-corrected chi connectivity index (χ0v) is 13.9. The summed E-state index contributed by atoms with van der Waals surface area (Å²) in [6.07, 6.45) is 2.68. The van der Waals surface area contributed by atoms with Gasteiger partial charge in [-0.15, -0.1) is 0 Å². The normalized spacial score (nSPS) is 29.8. The zero-order valence-electron chi connectivity index (χ0n) is 13.9. The summed E-state index contributed by atoms with van der Waals surface area (Å²) in [7, 11) is 0. The van der Waals surface area contributed by atoms with E-state index in [1.807, 2.05) is 10.6 Å². The van der Waals surface area contributed by atoms with E-state index in [1.54, 1.807) is 6.07 Å². The van der Waals surface area contributed by atoms with Gasteiger partial charge in [0.25, 0.3) is 5.56 Å².